The molecule has 1 unspecified atom stereocenters. The van der Waals surface area contributed by atoms with E-state index in [4.69, 9.17) is 21.9 Å². The van der Waals surface area contributed by atoms with Crippen LogP contribution in [0.25, 0.3) is 0 Å². The summed E-state index contributed by atoms with van der Waals surface area (Å²) in [5.74, 6) is 6.44. The summed E-state index contributed by atoms with van der Waals surface area (Å²) in [6, 6.07) is 9.38. The van der Waals surface area contributed by atoms with E-state index in [2.05, 4.69) is 21.4 Å². The minimum Gasteiger partial charge on any atom is -0.469 e. The molecule has 0 amide bonds. The normalized spacial score (nSPS) is 12.6. The zero-order valence-corrected chi connectivity index (χ0v) is 11.3. The van der Waals surface area contributed by atoms with E-state index in [9.17, 15) is 0 Å². The Kier molecular flexibility index (Phi) is 4.23. The number of hydrazine groups is 1. The van der Waals surface area contributed by atoms with Gasteiger partial charge < -0.3 is 4.42 Å². The molecule has 1 aromatic carbocycles. The highest BCUT2D eigenvalue weighted by Crippen LogP contribution is 2.28. The lowest BCUT2D eigenvalue weighted by molar-refractivity contribution is 0.455. The molecule has 2 rings (SSSR count). The molecule has 17 heavy (non-hydrogen) atoms. The third kappa shape index (κ3) is 3.10. The highest BCUT2D eigenvalue weighted by molar-refractivity contribution is 9.10. The molecule has 0 aliphatic carbocycles. The first-order chi connectivity index (χ1) is 8.20. The van der Waals surface area contributed by atoms with E-state index < -0.39 is 0 Å². The van der Waals surface area contributed by atoms with E-state index in [1.54, 1.807) is 6.26 Å². The molecule has 0 saturated heterocycles. The summed E-state index contributed by atoms with van der Waals surface area (Å²) in [6.45, 7) is 0. The van der Waals surface area contributed by atoms with Gasteiger partial charge in [0.2, 0.25) is 0 Å². The third-order valence-corrected chi connectivity index (χ3v) is 3.36. The average molecular weight is 316 g/mol. The van der Waals surface area contributed by atoms with Crippen molar-refractivity contribution in [3.8, 4) is 0 Å². The fraction of sp³-hybridized carbons (Fsp3) is 0.167. The molecule has 1 aromatic heterocycles. The van der Waals surface area contributed by atoms with Crippen LogP contribution in [-0.4, -0.2) is 0 Å². The first kappa shape index (κ1) is 12.6. The molecule has 0 saturated carbocycles. The molecule has 0 aliphatic heterocycles. The van der Waals surface area contributed by atoms with Gasteiger partial charge in [-0.2, -0.15) is 0 Å². The molecule has 3 nitrogen and oxygen atoms in total. The number of hydrogen-bond donors (Lipinski definition) is 2. The Bertz CT molecular complexity index is 487. The zero-order valence-electron chi connectivity index (χ0n) is 8.99. The number of nitrogens with two attached hydrogens (primary N) is 1. The van der Waals surface area contributed by atoms with Gasteiger partial charge in [-0.05, 0) is 35.9 Å². The second kappa shape index (κ2) is 5.69. The molecule has 1 atom stereocenters. The smallest absolute Gasteiger partial charge is 0.105 e. The van der Waals surface area contributed by atoms with Crippen molar-refractivity contribution in [1.82, 2.24) is 5.43 Å². The minimum atomic E-state index is -0.0776. The van der Waals surface area contributed by atoms with E-state index in [1.807, 2.05) is 30.3 Å². The van der Waals surface area contributed by atoms with Gasteiger partial charge in [0.1, 0.15) is 5.76 Å². The predicted octanol–water partition coefficient (Wildman–Crippen LogP) is 3.44. The van der Waals surface area contributed by atoms with E-state index in [0.717, 1.165) is 15.8 Å². The molecule has 90 valence electrons. The van der Waals surface area contributed by atoms with Crippen LogP contribution in [0.5, 0.6) is 0 Å². The third-order valence-electron chi connectivity index (χ3n) is 2.52. The maximum absolute atomic E-state index is 6.16. The van der Waals surface area contributed by atoms with Crippen LogP contribution < -0.4 is 11.3 Å². The molecule has 0 aliphatic rings. The molecule has 2 aromatic rings. The van der Waals surface area contributed by atoms with Crippen LogP contribution in [0.3, 0.4) is 0 Å². The fourth-order valence-electron chi connectivity index (χ4n) is 1.67. The van der Waals surface area contributed by atoms with Gasteiger partial charge in [0.25, 0.3) is 0 Å². The first-order valence-electron chi connectivity index (χ1n) is 5.14. The largest absolute Gasteiger partial charge is 0.469 e. The summed E-state index contributed by atoms with van der Waals surface area (Å²) in [5.41, 5.74) is 3.70. The van der Waals surface area contributed by atoms with Crippen molar-refractivity contribution >= 4 is 27.5 Å². The number of hydrogen-bond acceptors (Lipinski definition) is 3. The van der Waals surface area contributed by atoms with Crippen LogP contribution in [0.4, 0.5) is 0 Å². The van der Waals surface area contributed by atoms with Crippen molar-refractivity contribution in [1.29, 1.82) is 0 Å². The zero-order chi connectivity index (χ0) is 12.3. The molecule has 0 spiro atoms. The lowest BCUT2D eigenvalue weighted by Gasteiger charge is -2.16. The van der Waals surface area contributed by atoms with Crippen LogP contribution in [0.2, 0.25) is 5.02 Å². The Morgan fingerprint density at radius 3 is 2.88 bits per heavy atom. The van der Waals surface area contributed by atoms with Gasteiger partial charge in [0, 0.05) is 15.9 Å². The van der Waals surface area contributed by atoms with Crippen LogP contribution in [0, 0.1) is 0 Å². The first-order valence-corrected chi connectivity index (χ1v) is 6.31. The lowest BCUT2D eigenvalue weighted by Crippen LogP contribution is -2.29. The molecule has 0 bridgehead atoms. The summed E-state index contributed by atoms with van der Waals surface area (Å²) in [5, 5.41) is 0.683. The Morgan fingerprint density at radius 2 is 2.24 bits per heavy atom. The van der Waals surface area contributed by atoms with Gasteiger partial charge in [0.05, 0.1) is 12.3 Å². The molecule has 0 fully saturated rings. The van der Waals surface area contributed by atoms with E-state index >= 15 is 0 Å². The van der Waals surface area contributed by atoms with E-state index in [1.165, 1.54) is 0 Å². The molecule has 3 N–H and O–H groups in total. The second-order valence-electron chi connectivity index (χ2n) is 3.67. The average Bonchev–Trinajstić information content (AvgIpc) is 2.82. The van der Waals surface area contributed by atoms with Crippen LogP contribution in [-0.2, 0) is 6.42 Å². The summed E-state index contributed by atoms with van der Waals surface area (Å²) in [6.07, 6.45) is 2.30. The number of furan rings is 1. The van der Waals surface area contributed by atoms with Crippen molar-refractivity contribution in [2.45, 2.75) is 12.5 Å². The SMILES string of the molecule is NNC(Cc1ccco1)c1cc(Br)ccc1Cl. The number of rotatable bonds is 4. The van der Waals surface area contributed by atoms with Gasteiger partial charge in [-0.25, -0.2) is 0 Å². The van der Waals surface area contributed by atoms with Gasteiger partial charge in [0.15, 0.2) is 0 Å². The second-order valence-corrected chi connectivity index (χ2v) is 4.99. The van der Waals surface area contributed by atoms with Gasteiger partial charge in [-0.3, -0.25) is 11.3 Å². The summed E-state index contributed by atoms with van der Waals surface area (Å²) in [4.78, 5) is 0. The van der Waals surface area contributed by atoms with Crippen LogP contribution in [0.1, 0.15) is 17.4 Å². The Labute approximate surface area is 113 Å². The number of nitrogens with one attached hydrogen (secondary N) is 1. The Hall–Kier alpha value is -0.810. The van der Waals surface area contributed by atoms with Gasteiger partial charge >= 0.3 is 0 Å². The van der Waals surface area contributed by atoms with Crippen molar-refractivity contribution in [3.63, 3.8) is 0 Å². The van der Waals surface area contributed by atoms with Gasteiger partial charge in [-0.1, -0.05) is 27.5 Å². The minimum absolute atomic E-state index is 0.0776. The summed E-state index contributed by atoms with van der Waals surface area (Å²) in [7, 11) is 0. The predicted molar refractivity (Wildman–Crippen MR) is 71.6 cm³/mol. The highest BCUT2D eigenvalue weighted by Gasteiger charge is 2.15. The molecule has 0 radical (unpaired) electrons. The van der Waals surface area contributed by atoms with Gasteiger partial charge in [-0.15, -0.1) is 0 Å². The summed E-state index contributed by atoms with van der Waals surface area (Å²) < 4.78 is 6.28. The van der Waals surface area contributed by atoms with Crippen molar-refractivity contribution < 1.29 is 4.42 Å². The summed E-state index contributed by atoms with van der Waals surface area (Å²) >= 11 is 9.58. The molecule has 1 heterocycles. The monoisotopic (exact) mass is 314 g/mol. The van der Waals surface area contributed by atoms with Crippen molar-refractivity contribution in [2.75, 3.05) is 0 Å². The fourth-order valence-corrected chi connectivity index (χ4v) is 2.30. The Morgan fingerprint density at radius 1 is 1.41 bits per heavy atom. The lowest BCUT2D eigenvalue weighted by atomic mass is 10.0. The molecular weight excluding hydrogens is 304 g/mol. The quantitative estimate of drug-likeness (QED) is 0.671. The Balaban J connectivity index is 2.25. The number of benzene rings is 1. The maximum Gasteiger partial charge on any atom is 0.105 e. The highest BCUT2D eigenvalue weighted by atomic mass is 79.9. The van der Waals surface area contributed by atoms with Crippen molar-refractivity contribution in [3.05, 3.63) is 57.4 Å². The van der Waals surface area contributed by atoms with Crippen LogP contribution in [0.15, 0.2) is 45.5 Å². The van der Waals surface area contributed by atoms with Crippen molar-refractivity contribution in [2.24, 2.45) is 5.84 Å². The van der Waals surface area contributed by atoms with E-state index in [0.29, 0.717) is 11.4 Å². The topological polar surface area (TPSA) is 51.2 Å². The molecule has 5 heteroatoms. The van der Waals surface area contributed by atoms with Crippen LogP contribution >= 0.6 is 27.5 Å². The molecular formula is C12H12BrClN2O. The maximum atomic E-state index is 6.16. The van der Waals surface area contributed by atoms with E-state index in [-0.39, 0.29) is 6.04 Å². The standard InChI is InChI=1S/C12H12BrClN2O/c13-8-3-4-11(14)10(6-8)12(16-15)7-9-2-1-5-17-9/h1-6,12,16H,7,15H2. The number of halogens is 2.